The fraction of sp³-hybridized carbons (Fsp3) is 0.143. The molecule has 0 spiro atoms. The van der Waals surface area contributed by atoms with E-state index in [1.165, 1.54) is 6.33 Å². The zero-order chi connectivity index (χ0) is 7.68. The van der Waals surface area contributed by atoms with Crippen LogP contribution in [-0.4, -0.2) is 20.6 Å². The normalized spacial score (nSPS) is 14.1. The van der Waals surface area contributed by atoms with Crippen molar-refractivity contribution in [3.05, 3.63) is 18.0 Å². The lowest BCUT2D eigenvalue weighted by Gasteiger charge is -1.90. The average Bonchev–Trinajstić information content (AvgIpc) is 2.31. The molecule has 0 amide bonds. The zero-order valence-corrected chi connectivity index (χ0v) is 6.02. The number of aliphatic imine (C=N–C) groups is 1. The van der Waals surface area contributed by atoms with Gasteiger partial charge in [0.2, 0.25) is 0 Å². The third kappa shape index (κ3) is 0.993. The first-order chi connectivity index (χ1) is 5.36. The first-order valence-electron chi connectivity index (χ1n) is 3.24. The Hall–Kier alpha value is -1.67. The monoisotopic (exact) mass is 146 g/mol. The van der Waals surface area contributed by atoms with Crippen molar-refractivity contribution in [1.29, 1.82) is 0 Å². The SMILES string of the molecule is CC1=Cn2ncnc2N=C=C1. The van der Waals surface area contributed by atoms with E-state index in [1.807, 2.05) is 13.1 Å². The Labute approximate surface area is 63.6 Å². The van der Waals surface area contributed by atoms with Crippen LogP contribution in [0.3, 0.4) is 0 Å². The first kappa shape index (κ1) is 6.07. The molecule has 4 heteroatoms. The van der Waals surface area contributed by atoms with E-state index in [-0.39, 0.29) is 0 Å². The fourth-order valence-electron chi connectivity index (χ4n) is 0.837. The molecule has 1 aliphatic rings. The van der Waals surface area contributed by atoms with Crippen molar-refractivity contribution in [2.24, 2.45) is 4.99 Å². The van der Waals surface area contributed by atoms with Gasteiger partial charge in [-0.05, 0) is 18.4 Å². The highest BCUT2D eigenvalue weighted by Crippen LogP contribution is 2.09. The molecule has 2 rings (SSSR count). The molecule has 0 atom stereocenters. The first-order valence-corrected chi connectivity index (χ1v) is 3.24. The van der Waals surface area contributed by atoms with Crippen molar-refractivity contribution in [1.82, 2.24) is 14.8 Å². The molecule has 0 aliphatic carbocycles. The Bertz CT molecular complexity index is 366. The molecule has 54 valence electrons. The third-order valence-corrected chi connectivity index (χ3v) is 1.34. The largest absolute Gasteiger partial charge is 0.260 e. The van der Waals surface area contributed by atoms with Crippen molar-refractivity contribution in [3.8, 4) is 0 Å². The minimum atomic E-state index is 0.568. The molecule has 1 aromatic heterocycles. The summed E-state index contributed by atoms with van der Waals surface area (Å²) in [5.41, 5.74) is 1.05. The second kappa shape index (κ2) is 2.18. The van der Waals surface area contributed by atoms with Crippen molar-refractivity contribution in [2.75, 3.05) is 0 Å². The van der Waals surface area contributed by atoms with E-state index in [0.717, 1.165) is 5.57 Å². The maximum atomic E-state index is 3.94. The highest BCUT2D eigenvalue weighted by molar-refractivity contribution is 5.65. The van der Waals surface area contributed by atoms with Crippen molar-refractivity contribution < 1.29 is 0 Å². The van der Waals surface area contributed by atoms with Gasteiger partial charge in [-0.3, -0.25) is 0 Å². The van der Waals surface area contributed by atoms with E-state index in [4.69, 9.17) is 0 Å². The van der Waals surface area contributed by atoms with Crippen LogP contribution in [0.4, 0.5) is 5.95 Å². The summed E-state index contributed by atoms with van der Waals surface area (Å²) in [4.78, 5) is 7.84. The molecule has 0 aromatic carbocycles. The average molecular weight is 146 g/mol. The van der Waals surface area contributed by atoms with E-state index in [0.29, 0.717) is 5.95 Å². The highest BCUT2D eigenvalue weighted by Gasteiger charge is 1.99. The predicted octanol–water partition coefficient (Wildman–Crippen LogP) is 1.01. The van der Waals surface area contributed by atoms with Crippen molar-refractivity contribution >= 4 is 18.0 Å². The van der Waals surface area contributed by atoms with Gasteiger partial charge in [-0.1, -0.05) is 0 Å². The van der Waals surface area contributed by atoms with Crippen LogP contribution in [0, 0.1) is 0 Å². The van der Waals surface area contributed by atoms with E-state index < -0.39 is 0 Å². The molecule has 0 unspecified atom stereocenters. The fourth-order valence-corrected chi connectivity index (χ4v) is 0.837. The van der Waals surface area contributed by atoms with Crippen LogP contribution < -0.4 is 0 Å². The van der Waals surface area contributed by atoms with Gasteiger partial charge in [0.1, 0.15) is 6.33 Å². The summed E-state index contributed by atoms with van der Waals surface area (Å²) < 4.78 is 1.62. The number of hydrogen-bond donors (Lipinski definition) is 0. The number of rotatable bonds is 0. The van der Waals surface area contributed by atoms with Gasteiger partial charge in [0, 0.05) is 12.3 Å². The lowest BCUT2D eigenvalue weighted by atomic mass is 10.3. The van der Waals surface area contributed by atoms with Gasteiger partial charge in [-0.2, -0.15) is 15.1 Å². The maximum absolute atomic E-state index is 3.94. The van der Waals surface area contributed by atoms with Gasteiger partial charge in [0.25, 0.3) is 5.95 Å². The van der Waals surface area contributed by atoms with Gasteiger partial charge in [-0.15, -0.1) is 0 Å². The Balaban J connectivity index is 2.66. The molecule has 0 fully saturated rings. The Morgan fingerprint density at radius 3 is 3.36 bits per heavy atom. The number of fused-ring (bicyclic) bond motifs is 1. The molecule has 0 bridgehead atoms. The second-order valence-corrected chi connectivity index (χ2v) is 2.26. The Kier molecular flexibility index (Phi) is 1.20. The van der Waals surface area contributed by atoms with E-state index in [1.54, 1.807) is 10.8 Å². The summed E-state index contributed by atoms with van der Waals surface area (Å²) in [6.07, 6.45) is 5.11. The van der Waals surface area contributed by atoms with Gasteiger partial charge in [-0.25, -0.2) is 4.68 Å². The summed E-state index contributed by atoms with van der Waals surface area (Å²) in [5, 5.41) is 3.94. The number of nitrogens with zero attached hydrogens (tertiary/aromatic N) is 4. The standard InChI is InChI=1S/C7H6N4/c1-6-2-3-8-7-9-5-10-11(7)4-6/h2,4-5H,1H3. The predicted molar refractivity (Wildman–Crippen MR) is 41.6 cm³/mol. The van der Waals surface area contributed by atoms with Crippen LogP contribution in [0.5, 0.6) is 0 Å². The molecular formula is C7H6N4. The van der Waals surface area contributed by atoms with E-state index >= 15 is 0 Å². The van der Waals surface area contributed by atoms with Crippen LogP contribution in [0.15, 0.2) is 23.0 Å². The van der Waals surface area contributed by atoms with Crippen LogP contribution in [0.25, 0.3) is 6.20 Å². The molecule has 0 saturated heterocycles. The lowest BCUT2D eigenvalue weighted by Crippen LogP contribution is -1.87. The van der Waals surface area contributed by atoms with E-state index in [2.05, 4.69) is 20.9 Å². The lowest BCUT2D eigenvalue weighted by molar-refractivity contribution is 0.930. The molecule has 0 radical (unpaired) electrons. The Morgan fingerprint density at radius 2 is 2.45 bits per heavy atom. The van der Waals surface area contributed by atoms with Crippen LogP contribution in [-0.2, 0) is 0 Å². The third-order valence-electron chi connectivity index (χ3n) is 1.34. The summed E-state index contributed by atoms with van der Waals surface area (Å²) in [6, 6.07) is 0. The minimum Gasteiger partial charge on any atom is -0.204 e. The topological polar surface area (TPSA) is 43.1 Å². The Morgan fingerprint density at radius 1 is 1.55 bits per heavy atom. The van der Waals surface area contributed by atoms with Crippen molar-refractivity contribution in [2.45, 2.75) is 6.92 Å². The zero-order valence-electron chi connectivity index (χ0n) is 6.02. The van der Waals surface area contributed by atoms with Gasteiger partial charge in [0.15, 0.2) is 0 Å². The summed E-state index contributed by atoms with van der Waals surface area (Å²) >= 11 is 0. The highest BCUT2D eigenvalue weighted by atomic mass is 15.4. The molecule has 0 N–H and O–H groups in total. The van der Waals surface area contributed by atoms with Crippen LogP contribution in [0.2, 0.25) is 0 Å². The maximum Gasteiger partial charge on any atom is 0.260 e. The molecule has 0 saturated carbocycles. The van der Waals surface area contributed by atoms with Crippen LogP contribution >= 0.6 is 0 Å². The smallest absolute Gasteiger partial charge is 0.204 e. The van der Waals surface area contributed by atoms with Gasteiger partial charge >= 0.3 is 0 Å². The van der Waals surface area contributed by atoms with E-state index in [9.17, 15) is 0 Å². The summed E-state index contributed by atoms with van der Waals surface area (Å²) in [5.74, 6) is 3.32. The molecule has 2 heterocycles. The van der Waals surface area contributed by atoms with Crippen LogP contribution in [0.1, 0.15) is 6.92 Å². The summed E-state index contributed by atoms with van der Waals surface area (Å²) in [7, 11) is 0. The minimum absolute atomic E-state index is 0.568. The number of allylic oxidation sites excluding steroid dienone is 2. The number of hydrogen-bond acceptors (Lipinski definition) is 3. The number of aromatic nitrogens is 3. The molecule has 1 aliphatic heterocycles. The van der Waals surface area contributed by atoms with Gasteiger partial charge in [0.05, 0.1) is 0 Å². The molecular weight excluding hydrogens is 140 g/mol. The van der Waals surface area contributed by atoms with Crippen molar-refractivity contribution in [3.63, 3.8) is 0 Å². The quantitative estimate of drug-likeness (QED) is 0.548. The second-order valence-electron chi connectivity index (χ2n) is 2.26. The van der Waals surface area contributed by atoms with Gasteiger partial charge < -0.3 is 0 Å². The molecule has 1 aromatic rings. The molecule has 11 heavy (non-hydrogen) atoms. The summed E-state index contributed by atoms with van der Waals surface area (Å²) in [6.45, 7) is 1.96. The molecule has 4 nitrogen and oxygen atoms in total.